The minimum absolute atomic E-state index is 0.151. The molecule has 0 aliphatic rings. The molecule has 0 aromatic carbocycles. The standard InChI is InChI=1S/C13H26O4/c1-6-13(4,8-7-11(14)15)17-10-9-12(2,3)16-5/h6-10H2,1-5H3,(H,14,15). The highest BCUT2D eigenvalue weighted by atomic mass is 16.5. The molecule has 0 bridgehead atoms. The minimum atomic E-state index is -0.773. The van der Waals surface area contributed by atoms with Gasteiger partial charge in [0.15, 0.2) is 0 Å². The van der Waals surface area contributed by atoms with Gasteiger partial charge < -0.3 is 14.6 Å². The maximum absolute atomic E-state index is 10.6. The molecule has 1 N–H and O–H groups in total. The Labute approximate surface area is 104 Å². The van der Waals surface area contributed by atoms with E-state index in [1.54, 1.807) is 7.11 Å². The molecule has 1 unspecified atom stereocenters. The molecule has 0 aromatic heterocycles. The first-order valence-corrected chi connectivity index (χ1v) is 6.15. The molecule has 0 radical (unpaired) electrons. The van der Waals surface area contributed by atoms with Crippen LogP contribution in [0.1, 0.15) is 53.4 Å². The maximum atomic E-state index is 10.6. The first-order valence-electron chi connectivity index (χ1n) is 6.15. The van der Waals surface area contributed by atoms with E-state index in [2.05, 4.69) is 0 Å². The summed E-state index contributed by atoms with van der Waals surface area (Å²) < 4.78 is 11.1. The van der Waals surface area contributed by atoms with Crippen LogP contribution in [-0.4, -0.2) is 36.0 Å². The highest BCUT2D eigenvalue weighted by Crippen LogP contribution is 2.23. The second-order valence-electron chi connectivity index (χ2n) is 5.26. The SMILES string of the molecule is CCC(C)(CCC(=O)O)OCCC(C)(C)OC. The lowest BCUT2D eigenvalue weighted by atomic mass is 9.96. The summed E-state index contributed by atoms with van der Waals surface area (Å²) in [5, 5.41) is 8.69. The van der Waals surface area contributed by atoms with E-state index in [0.717, 1.165) is 12.8 Å². The Morgan fingerprint density at radius 2 is 1.82 bits per heavy atom. The second-order valence-corrected chi connectivity index (χ2v) is 5.26. The summed E-state index contributed by atoms with van der Waals surface area (Å²) in [4.78, 5) is 10.6. The smallest absolute Gasteiger partial charge is 0.303 e. The molecule has 17 heavy (non-hydrogen) atoms. The monoisotopic (exact) mass is 246 g/mol. The molecule has 0 heterocycles. The number of carboxylic acids is 1. The molecule has 4 nitrogen and oxygen atoms in total. The van der Waals surface area contributed by atoms with Crippen LogP contribution >= 0.6 is 0 Å². The molecule has 0 spiro atoms. The van der Waals surface area contributed by atoms with Crippen molar-refractivity contribution in [3.8, 4) is 0 Å². The van der Waals surface area contributed by atoms with Crippen molar-refractivity contribution in [1.82, 2.24) is 0 Å². The molecule has 1 atom stereocenters. The number of ether oxygens (including phenoxy) is 2. The summed E-state index contributed by atoms with van der Waals surface area (Å²) in [7, 11) is 1.68. The Bertz CT molecular complexity index is 238. The van der Waals surface area contributed by atoms with Crippen molar-refractivity contribution in [3.05, 3.63) is 0 Å². The fraction of sp³-hybridized carbons (Fsp3) is 0.923. The predicted octanol–water partition coefficient (Wildman–Crippen LogP) is 2.85. The lowest BCUT2D eigenvalue weighted by molar-refractivity contribution is -0.139. The van der Waals surface area contributed by atoms with Gasteiger partial charge in [-0.05, 0) is 40.0 Å². The van der Waals surface area contributed by atoms with Gasteiger partial charge in [-0.2, -0.15) is 0 Å². The van der Waals surface area contributed by atoms with Gasteiger partial charge in [0, 0.05) is 13.5 Å². The average molecular weight is 246 g/mol. The Morgan fingerprint density at radius 1 is 1.24 bits per heavy atom. The van der Waals surface area contributed by atoms with Gasteiger partial charge in [-0.3, -0.25) is 4.79 Å². The van der Waals surface area contributed by atoms with E-state index in [0.29, 0.717) is 13.0 Å². The third-order valence-electron chi connectivity index (χ3n) is 3.32. The van der Waals surface area contributed by atoms with Crippen LogP contribution in [0, 0.1) is 0 Å². The van der Waals surface area contributed by atoms with E-state index in [4.69, 9.17) is 14.6 Å². The minimum Gasteiger partial charge on any atom is -0.481 e. The van der Waals surface area contributed by atoms with Gasteiger partial charge in [-0.1, -0.05) is 6.92 Å². The molecule has 4 heteroatoms. The van der Waals surface area contributed by atoms with Gasteiger partial charge in [0.2, 0.25) is 0 Å². The van der Waals surface area contributed by atoms with E-state index >= 15 is 0 Å². The molecular formula is C13H26O4. The number of hydrogen-bond acceptors (Lipinski definition) is 3. The van der Waals surface area contributed by atoms with Crippen LogP contribution in [0.2, 0.25) is 0 Å². The third kappa shape index (κ3) is 7.34. The topological polar surface area (TPSA) is 55.8 Å². The number of rotatable bonds is 9. The average Bonchev–Trinajstić information content (AvgIpc) is 2.26. The zero-order valence-corrected chi connectivity index (χ0v) is 11.7. The third-order valence-corrected chi connectivity index (χ3v) is 3.32. The summed E-state index contributed by atoms with van der Waals surface area (Å²) in [6, 6.07) is 0. The Morgan fingerprint density at radius 3 is 2.24 bits per heavy atom. The van der Waals surface area contributed by atoms with E-state index < -0.39 is 5.97 Å². The molecule has 0 aromatic rings. The quantitative estimate of drug-likeness (QED) is 0.679. The van der Waals surface area contributed by atoms with Crippen LogP contribution in [0.15, 0.2) is 0 Å². The van der Waals surface area contributed by atoms with E-state index in [-0.39, 0.29) is 17.6 Å². The van der Waals surface area contributed by atoms with Crippen LogP contribution in [-0.2, 0) is 14.3 Å². The Kier molecular flexibility index (Phi) is 6.72. The van der Waals surface area contributed by atoms with Crippen LogP contribution in [0.3, 0.4) is 0 Å². The van der Waals surface area contributed by atoms with Crippen molar-refractivity contribution in [2.45, 2.75) is 64.6 Å². The molecule has 0 saturated heterocycles. The highest BCUT2D eigenvalue weighted by Gasteiger charge is 2.25. The van der Waals surface area contributed by atoms with Gasteiger partial charge in [0.1, 0.15) is 0 Å². The van der Waals surface area contributed by atoms with Crippen LogP contribution in [0.5, 0.6) is 0 Å². The van der Waals surface area contributed by atoms with E-state index in [1.807, 2.05) is 27.7 Å². The van der Waals surface area contributed by atoms with Gasteiger partial charge in [-0.15, -0.1) is 0 Å². The largest absolute Gasteiger partial charge is 0.481 e. The van der Waals surface area contributed by atoms with Crippen LogP contribution in [0.4, 0.5) is 0 Å². The van der Waals surface area contributed by atoms with Crippen molar-refractivity contribution < 1.29 is 19.4 Å². The molecule has 0 aliphatic carbocycles. The number of aliphatic carboxylic acids is 1. The summed E-state index contributed by atoms with van der Waals surface area (Å²) >= 11 is 0. The number of carboxylic acid groups (broad SMARTS) is 1. The first-order chi connectivity index (χ1) is 7.74. The van der Waals surface area contributed by atoms with Gasteiger partial charge in [-0.25, -0.2) is 0 Å². The Hall–Kier alpha value is -0.610. The zero-order chi connectivity index (χ0) is 13.5. The number of carbonyl (C=O) groups is 1. The predicted molar refractivity (Wildman–Crippen MR) is 67.2 cm³/mol. The fourth-order valence-corrected chi connectivity index (χ4v) is 1.37. The summed E-state index contributed by atoms with van der Waals surface area (Å²) in [5.41, 5.74) is -0.538. The fourth-order valence-electron chi connectivity index (χ4n) is 1.37. The lowest BCUT2D eigenvalue weighted by Gasteiger charge is -2.30. The number of methoxy groups -OCH3 is 1. The molecule has 0 amide bonds. The van der Waals surface area contributed by atoms with Crippen LogP contribution in [0.25, 0.3) is 0 Å². The van der Waals surface area contributed by atoms with Crippen molar-refractivity contribution in [3.63, 3.8) is 0 Å². The molecule has 0 fully saturated rings. The Balaban J connectivity index is 4.07. The summed E-state index contributed by atoms with van der Waals surface area (Å²) in [5.74, 6) is -0.773. The first kappa shape index (κ1) is 16.4. The lowest BCUT2D eigenvalue weighted by Crippen LogP contribution is -2.32. The highest BCUT2D eigenvalue weighted by molar-refractivity contribution is 5.66. The van der Waals surface area contributed by atoms with E-state index in [9.17, 15) is 4.79 Å². The summed E-state index contributed by atoms with van der Waals surface area (Å²) in [6.45, 7) is 8.59. The van der Waals surface area contributed by atoms with Crippen molar-refractivity contribution in [1.29, 1.82) is 0 Å². The number of hydrogen-bond donors (Lipinski definition) is 1. The normalized spacial score (nSPS) is 15.6. The van der Waals surface area contributed by atoms with Crippen molar-refractivity contribution in [2.24, 2.45) is 0 Å². The van der Waals surface area contributed by atoms with Gasteiger partial charge in [0.25, 0.3) is 0 Å². The molecule has 0 aliphatic heterocycles. The maximum Gasteiger partial charge on any atom is 0.303 e. The molecule has 0 saturated carbocycles. The molecule has 102 valence electrons. The molecule has 0 rings (SSSR count). The zero-order valence-electron chi connectivity index (χ0n) is 11.7. The van der Waals surface area contributed by atoms with Gasteiger partial charge >= 0.3 is 5.97 Å². The molecular weight excluding hydrogens is 220 g/mol. The van der Waals surface area contributed by atoms with E-state index in [1.165, 1.54) is 0 Å². The van der Waals surface area contributed by atoms with Crippen molar-refractivity contribution >= 4 is 5.97 Å². The van der Waals surface area contributed by atoms with Crippen LogP contribution < -0.4 is 0 Å². The van der Waals surface area contributed by atoms with Gasteiger partial charge in [0.05, 0.1) is 17.8 Å². The summed E-state index contributed by atoms with van der Waals surface area (Å²) in [6.07, 6.45) is 2.31. The van der Waals surface area contributed by atoms with Crippen molar-refractivity contribution in [2.75, 3.05) is 13.7 Å². The second kappa shape index (κ2) is 6.97.